The Morgan fingerprint density at radius 1 is 0.667 bits per heavy atom. The van der Waals surface area contributed by atoms with Crippen LogP contribution in [0.3, 0.4) is 0 Å². The average molecular weight is 352 g/mol. The number of phosphoric ester groups is 2. The van der Waals surface area contributed by atoms with Crippen LogP contribution in [0.5, 0.6) is 0 Å². The fraction of sp³-hybridized carbons (Fsp3) is 1.00. The van der Waals surface area contributed by atoms with Gasteiger partial charge in [-0.25, -0.2) is 9.13 Å². The van der Waals surface area contributed by atoms with E-state index in [1.165, 1.54) is 0 Å². The summed E-state index contributed by atoms with van der Waals surface area (Å²) in [6, 6.07) is 0. The van der Waals surface area contributed by atoms with Gasteiger partial charge in [-0.2, -0.15) is 4.31 Å². The molecule has 0 aromatic carbocycles. The third kappa shape index (κ3) is 12.4. The maximum absolute atomic E-state index is 11.3. The standard InChI is InChI=1S/C6H14O2.C4H12O7P2/c7-5-3-1-2-4-6-8;1-7-12(5,8-2)11-13(6,9-3)10-4/h7-8H,1-6H2;1-4H3. The van der Waals surface area contributed by atoms with Crippen molar-refractivity contribution in [3.8, 4) is 0 Å². The van der Waals surface area contributed by atoms with Gasteiger partial charge in [0.1, 0.15) is 0 Å². The van der Waals surface area contributed by atoms with E-state index in [0.29, 0.717) is 0 Å². The van der Waals surface area contributed by atoms with Gasteiger partial charge in [0.15, 0.2) is 0 Å². The average Bonchev–Trinajstić information content (AvgIpc) is 2.52. The molecular formula is C10H26O9P2. The Bertz CT molecular complexity index is 278. The fourth-order valence-corrected chi connectivity index (χ4v) is 3.33. The molecule has 11 heteroatoms. The van der Waals surface area contributed by atoms with E-state index in [0.717, 1.165) is 54.1 Å². The van der Waals surface area contributed by atoms with Gasteiger partial charge in [0.25, 0.3) is 0 Å². The predicted molar refractivity (Wildman–Crippen MR) is 77.0 cm³/mol. The molecule has 0 rings (SSSR count). The van der Waals surface area contributed by atoms with Crippen LogP contribution in [0.25, 0.3) is 0 Å². The zero-order valence-corrected chi connectivity index (χ0v) is 14.7. The summed E-state index contributed by atoms with van der Waals surface area (Å²) in [6.45, 7) is 0.566. The first-order valence-electron chi connectivity index (χ1n) is 6.23. The summed E-state index contributed by atoms with van der Waals surface area (Å²) in [7, 11) is -3.36. The van der Waals surface area contributed by atoms with Gasteiger partial charge in [-0.05, 0) is 12.8 Å². The third-order valence-corrected chi connectivity index (χ3v) is 5.55. The van der Waals surface area contributed by atoms with E-state index in [9.17, 15) is 9.13 Å². The Kier molecular flexibility index (Phi) is 15.4. The first kappa shape index (κ1) is 23.4. The SMILES string of the molecule is COP(=O)(OC)OP(=O)(OC)OC.OCCCCCCO. The van der Waals surface area contributed by atoms with Gasteiger partial charge < -0.3 is 10.2 Å². The normalized spacial score (nSPS) is 11.9. The molecule has 0 amide bonds. The molecule has 0 saturated heterocycles. The van der Waals surface area contributed by atoms with E-state index in [1.54, 1.807) is 0 Å². The van der Waals surface area contributed by atoms with Crippen molar-refractivity contribution in [2.24, 2.45) is 0 Å². The van der Waals surface area contributed by atoms with Crippen LogP contribution in [0.4, 0.5) is 0 Å². The Balaban J connectivity index is 0. The highest BCUT2D eigenvalue weighted by atomic mass is 31.3. The van der Waals surface area contributed by atoms with Crippen LogP contribution < -0.4 is 0 Å². The van der Waals surface area contributed by atoms with Crippen molar-refractivity contribution in [1.29, 1.82) is 0 Å². The Labute approximate surface area is 125 Å². The lowest BCUT2D eigenvalue weighted by Gasteiger charge is -2.17. The first-order chi connectivity index (χ1) is 9.86. The number of aliphatic hydroxyl groups excluding tert-OH is 2. The van der Waals surface area contributed by atoms with Crippen molar-refractivity contribution < 1.29 is 41.7 Å². The molecule has 0 radical (unpaired) electrons. The molecule has 0 aliphatic carbocycles. The van der Waals surface area contributed by atoms with E-state index in [2.05, 4.69) is 22.4 Å². The Morgan fingerprint density at radius 2 is 0.952 bits per heavy atom. The van der Waals surface area contributed by atoms with Gasteiger partial charge >= 0.3 is 15.6 Å². The number of unbranched alkanes of at least 4 members (excludes halogenated alkanes) is 3. The maximum Gasteiger partial charge on any atom is 0.483 e. The molecule has 0 heterocycles. The highest BCUT2D eigenvalue weighted by molar-refractivity contribution is 7.62. The molecule has 0 spiro atoms. The van der Waals surface area contributed by atoms with Gasteiger partial charge in [-0.15, -0.1) is 0 Å². The molecule has 0 aliphatic heterocycles. The smallest absolute Gasteiger partial charge is 0.396 e. The van der Waals surface area contributed by atoms with Crippen molar-refractivity contribution in [2.45, 2.75) is 25.7 Å². The van der Waals surface area contributed by atoms with Gasteiger partial charge in [0.2, 0.25) is 0 Å². The Hall–Kier alpha value is 0.180. The van der Waals surface area contributed by atoms with E-state index in [4.69, 9.17) is 10.2 Å². The molecule has 0 aromatic rings. The summed E-state index contributed by atoms with van der Waals surface area (Å²) >= 11 is 0. The van der Waals surface area contributed by atoms with Gasteiger partial charge in [-0.1, -0.05) is 12.8 Å². The van der Waals surface area contributed by atoms with Gasteiger partial charge in [0, 0.05) is 41.7 Å². The monoisotopic (exact) mass is 352 g/mol. The van der Waals surface area contributed by atoms with Crippen LogP contribution in [-0.4, -0.2) is 51.9 Å². The fourth-order valence-electron chi connectivity index (χ4n) is 0.982. The molecular weight excluding hydrogens is 326 g/mol. The molecule has 0 atom stereocenters. The second-order valence-electron chi connectivity index (χ2n) is 3.57. The zero-order chi connectivity index (χ0) is 16.8. The Morgan fingerprint density at radius 3 is 1.14 bits per heavy atom. The van der Waals surface area contributed by atoms with Crippen LogP contribution in [0, 0.1) is 0 Å². The van der Waals surface area contributed by atoms with Crippen molar-refractivity contribution in [1.82, 2.24) is 0 Å². The van der Waals surface area contributed by atoms with Crippen LogP contribution in [0.15, 0.2) is 0 Å². The lowest BCUT2D eigenvalue weighted by molar-refractivity contribution is 0.158. The van der Waals surface area contributed by atoms with E-state index < -0.39 is 15.6 Å². The minimum Gasteiger partial charge on any atom is -0.396 e. The van der Waals surface area contributed by atoms with E-state index in [-0.39, 0.29) is 13.2 Å². The van der Waals surface area contributed by atoms with Crippen molar-refractivity contribution in [2.75, 3.05) is 41.7 Å². The number of hydrogen-bond donors (Lipinski definition) is 2. The van der Waals surface area contributed by atoms with Gasteiger partial charge in [-0.3, -0.25) is 18.1 Å². The van der Waals surface area contributed by atoms with E-state index in [1.807, 2.05) is 0 Å². The molecule has 0 fully saturated rings. The van der Waals surface area contributed by atoms with Crippen LogP contribution in [0.2, 0.25) is 0 Å². The number of aliphatic hydroxyl groups is 2. The second kappa shape index (κ2) is 13.8. The highest BCUT2D eigenvalue weighted by Crippen LogP contribution is 2.64. The quantitative estimate of drug-likeness (QED) is 0.426. The summed E-state index contributed by atoms with van der Waals surface area (Å²) in [5.41, 5.74) is 0. The molecule has 0 unspecified atom stereocenters. The zero-order valence-electron chi connectivity index (χ0n) is 12.9. The number of phosphoric acid groups is 2. The highest BCUT2D eigenvalue weighted by Gasteiger charge is 2.37. The molecule has 21 heavy (non-hydrogen) atoms. The minimum atomic E-state index is -3.85. The van der Waals surface area contributed by atoms with E-state index >= 15 is 0 Å². The van der Waals surface area contributed by atoms with Crippen LogP contribution in [-0.2, 0) is 31.5 Å². The van der Waals surface area contributed by atoms with Gasteiger partial charge in [0.05, 0.1) is 0 Å². The van der Waals surface area contributed by atoms with Crippen LogP contribution in [0.1, 0.15) is 25.7 Å². The maximum atomic E-state index is 11.3. The predicted octanol–water partition coefficient (Wildman–Crippen LogP) is 2.34. The van der Waals surface area contributed by atoms with Crippen LogP contribution >= 0.6 is 15.6 Å². The summed E-state index contributed by atoms with van der Waals surface area (Å²) in [6.07, 6.45) is 3.83. The van der Waals surface area contributed by atoms with Crippen molar-refractivity contribution in [3.63, 3.8) is 0 Å². The summed E-state index contributed by atoms with van der Waals surface area (Å²) < 4.78 is 44.5. The summed E-state index contributed by atoms with van der Waals surface area (Å²) in [5, 5.41) is 16.6. The molecule has 0 aliphatic rings. The largest absolute Gasteiger partial charge is 0.483 e. The number of hydrogen-bond acceptors (Lipinski definition) is 9. The minimum absolute atomic E-state index is 0.283. The summed E-state index contributed by atoms with van der Waals surface area (Å²) in [4.78, 5) is 0. The molecule has 130 valence electrons. The second-order valence-corrected chi connectivity index (χ2v) is 7.47. The topological polar surface area (TPSA) is 121 Å². The third-order valence-electron chi connectivity index (χ3n) is 2.16. The molecule has 9 nitrogen and oxygen atoms in total. The molecule has 2 N–H and O–H groups in total. The lowest BCUT2D eigenvalue weighted by atomic mass is 10.2. The van der Waals surface area contributed by atoms with Crippen molar-refractivity contribution in [3.05, 3.63) is 0 Å². The number of rotatable bonds is 11. The summed E-state index contributed by atoms with van der Waals surface area (Å²) in [5.74, 6) is 0. The van der Waals surface area contributed by atoms with Crippen molar-refractivity contribution >= 4 is 15.6 Å². The molecule has 0 aromatic heterocycles. The molecule has 0 bridgehead atoms. The molecule has 0 saturated carbocycles. The lowest BCUT2D eigenvalue weighted by Crippen LogP contribution is -1.96. The first-order valence-corrected chi connectivity index (χ1v) is 9.15.